The molecule has 2 aromatic rings. The Labute approximate surface area is 176 Å². The van der Waals surface area contributed by atoms with Gasteiger partial charge in [-0.2, -0.15) is 0 Å². The van der Waals surface area contributed by atoms with Gasteiger partial charge in [-0.15, -0.1) is 0 Å². The van der Waals surface area contributed by atoms with Crippen LogP contribution in [0, 0.1) is 0 Å². The molecule has 2 aromatic carbocycles. The second-order valence-electron chi connectivity index (χ2n) is 6.96. The van der Waals surface area contributed by atoms with Gasteiger partial charge in [-0.1, -0.05) is 47.8 Å². The number of sulfonamides is 1. The van der Waals surface area contributed by atoms with Gasteiger partial charge in [-0.25, -0.2) is 8.42 Å². The number of hydrogen-bond acceptors (Lipinski definition) is 4. The van der Waals surface area contributed by atoms with Gasteiger partial charge in [0.05, 0.1) is 28.3 Å². The van der Waals surface area contributed by atoms with Crippen molar-refractivity contribution in [2.75, 3.05) is 30.5 Å². The Kier molecular flexibility index (Phi) is 7.23. The first-order valence-corrected chi connectivity index (χ1v) is 11.5. The van der Waals surface area contributed by atoms with Crippen LogP contribution < -0.4 is 4.31 Å². The molecule has 0 saturated carbocycles. The number of nitrogens with zero attached hydrogens (tertiary/aromatic N) is 2. The summed E-state index contributed by atoms with van der Waals surface area (Å²) in [6.45, 7) is 2.15. The van der Waals surface area contributed by atoms with Crippen molar-refractivity contribution in [1.29, 1.82) is 0 Å². The SMILES string of the molecule is O=S(=O)(c1ccccc1)N(C[C@@H](O)CN1CCCCC1)c1cc(Cl)ccc1Cl. The highest BCUT2D eigenvalue weighted by Crippen LogP contribution is 2.33. The lowest BCUT2D eigenvalue weighted by atomic mass is 10.1. The van der Waals surface area contributed by atoms with Crippen LogP contribution in [0.1, 0.15) is 19.3 Å². The van der Waals surface area contributed by atoms with Crippen LogP contribution in [-0.4, -0.2) is 50.7 Å². The van der Waals surface area contributed by atoms with Gasteiger partial charge in [0, 0.05) is 11.6 Å². The molecule has 0 bridgehead atoms. The molecule has 1 N–H and O–H groups in total. The number of benzene rings is 2. The van der Waals surface area contributed by atoms with E-state index in [4.69, 9.17) is 23.2 Å². The molecule has 5 nitrogen and oxygen atoms in total. The molecular weight excluding hydrogens is 419 g/mol. The van der Waals surface area contributed by atoms with Gasteiger partial charge in [0.25, 0.3) is 10.0 Å². The van der Waals surface area contributed by atoms with Gasteiger partial charge in [0.15, 0.2) is 0 Å². The molecule has 0 radical (unpaired) electrons. The van der Waals surface area contributed by atoms with Crippen LogP contribution in [0.25, 0.3) is 0 Å². The average Bonchev–Trinajstić information content (AvgIpc) is 2.69. The maximum absolute atomic E-state index is 13.3. The zero-order valence-electron chi connectivity index (χ0n) is 15.5. The van der Waals surface area contributed by atoms with Crippen molar-refractivity contribution in [2.24, 2.45) is 0 Å². The largest absolute Gasteiger partial charge is 0.390 e. The number of hydrogen-bond donors (Lipinski definition) is 1. The molecule has 1 heterocycles. The van der Waals surface area contributed by atoms with Gasteiger partial charge in [0.1, 0.15) is 0 Å². The minimum Gasteiger partial charge on any atom is -0.390 e. The van der Waals surface area contributed by atoms with Crippen LogP contribution >= 0.6 is 23.2 Å². The zero-order chi connectivity index (χ0) is 20.1. The lowest BCUT2D eigenvalue weighted by Crippen LogP contribution is -2.44. The fraction of sp³-hybridized carbons (Fsp3) is 0.400. The van der Waals surface area contributed by atoms with E-state index in [1.807, 2.05) is 0 Å². The summed E-state index contributed by atoms with van der Waals surface area (Å²) in [6.07, 6.45) is 2.53. The van der Waals surface area contributed by atoms with E-state index >= 15 is 0 Å². The standard InChI is InChI=1S/C20H24Cl2N2O3S/c21-16-9-10-19(22)20(13-16)24(28(26,27)18-7-3-1-4-8-18)15-17(25)14-23-11-5-2-6-12-23/h1,3-4,7-10,13,17,25H,2,5-6,11-12,14-15H2/t17-/m0/s1. The van der Waals surface area contributed by atoms with Crippen LogP contribution in [0.5, 0.6) is 0 Å². The number of rotatable bonds is 7. The predicted molar refractivity (Wildman–Crippen MR) is 114 cm³/mol. The van der Waals surface area contributed by atoms with Crippen LogP contribution in [0.3, 0.4) is 0 Å². The first-order valence-electron chi connectivity index (χ1n) is 9.31. The molecule has 0 aromatic heterocycles. The number of β-amino-alcohol motifs (C(OH)–C–C–N with tert-alkyl or cyclic N) is 1. The fourth-order valence-corrected chi connectivity index (χ4v) is 5.38. The summed E-state index contributed by atoms with van der Waals surface area (Å²) in [5.74, 6) is 0. The Morgan fingerprint density at radius 1 is 1.04 bits per heavy atom. The molecule has 0 aliphatic carbocycles. The van der Waals surface area contributed by atoms with Gasteiger partial charge in [-0.3, -0.25) is 4.31 Å². The van der Waals surface area contributed by atoms with E-state index in [1.165, 1.54) is 24.6 Å². The first kappa shape index (κ1) is 21.4. The molecule has 1 aliphatic heterocycles. The van der Waals surface area contributed by atoms with E-state index in [1.54, 1.807) is 30.3 Å². The van der Waals surface area contributed by atoms with Crippen molar-refractivity contribution in [3.05, 3.63) is 58.6 Å². The van der Waals surface area contributed by atoms with Crippen molar-refractivity contribution < 1.29 is 13.5 Å². The summed E-state index contributed by atoms with van der Waals surface area (Å²) >= 11 is 12.4. The quantitative estimate of drug-likeness (QED) is 0.702. The van der Waals surface area contributed by atoms with Crippen molar-refractivity contribution >= 4 is 38.9 Å². The lowest BCUT2D eigenvalue weighted by Gasteiger charge is -2.32. The van der Waals surface area contributed by atoms with Gasteiger partial charge < -0.3 is 10.0 Å². The normalized spacial score (nSPS) is 16.7. The van der Waals surface area contributed by atoms with Crippen molar-refractivity contribution in [2.45, 2.75) is 30.3 Å². The third kappa shape index (κ3) is 5.19. The third-order valence-electron chi connectivity index (χ3n) is 4.80. The summed E-state index contributed by atoms with van der Waals surface area (Å²) in [7, 11) is -3.92. The molecule has 1 saturated heterocycles. The molecule has 3 rings (SSSR count). The van der Waals surface area contributed by atoms with E-state index in [-0.39, 0.29) is 22.2 Å². The van der Waals surface area contributed by atoms with Crippen LogP contribution in [0.4, 0.5) is 5.69 Å². The Balaban J connectivity index is 1.91. The smallest absolute Gasteiger partial charge is 0.264 e. The second-order valence-corrected chi connectivity index (χ2v) is 9.67. The van der Waals surface area contributed by atoms with E-state index in [0.717, 1.165) is 30.2 Å². The monoisotopic (exact) mass is 442 g/mol. The molecule has 8 heteroatoms. The summed E-state index contributed by atoms with van der Waals surface area (Å²) < 4.78 is 27.8. The summed E-state index contributed by atoms with van der Waals surface area (Å²) in [5.41, 5.74) is 0.260. The van der Waals surface area contributed by atoms with Crippen molar-refractivity contribution in [3.63, 3.8) is 0 Å². The predicted octanol–water partition coefficient (Wildman–Crippen LogP) is 4.04. The minimum absolute atomic E-state index is 0.103. The molecule has 28 heavy (non-hydrogen) atoms. The maximum atomic E-state index is 13.3. The third-order valence-corrected chi connectivity index (χ3v) is 7.15. The molecule has 1 fully saturated rings. The highest BCUT2D eigenvalue weighted by molar-refractivity contribution is 7.92. The minimum atomic E-state index is -3.92. The fourth-order valence-electron chi connectivity index (χ4n) is 3.41. The Hall–Kier alpha value is -1.31. The summed E-state index contributed by atoms with van der Waals surface area (Å²) in [6, 6.07) is 12.8. The summed E-state index contributed by atoms with van der Waals surface area (Å²) in [5, 5.41) is 11.3. The van der Waals surface area contributed by atoms with Crippen LogP contribution in [-0.2, 0) is 10.0 Å². The van der Waals surface area contributed by atoms with Gasteiger partial charge >= 0.3 is 0 Å². The van der Waals surface area contributed by atoms with E-state index < -0.39 is 16.1 Å². The number of piperidine rings is 1. The van der Waals surface area contributed by atoms with E-state index in [9.17, 15) is 13.5 Å². The van der Waals surface area contributed by atoms with Crippen molar-refractivity contribution in [1.82, 2.24) is 4.90 Å². The molecule has 0 unspecified atom stereocenters. The van der Waals surface area contributed by atoms with Crippen LogP contribution in [0.2, 0.25) is 10.0 Å². The number of halogens is 2. The maximum Gasteiger partial charge on any atom is 0.264 e. The Morgan fingerprint density at radius 3 is 2.39 bits per heavy atom. The van der Waals surface area contributed by atoms with Crippen LogP contribution in [0.15, 0.2) is 53.4 Å². The lowest BCUT2D eigenvalue weighted by molar-refractivity contribution is 0.107. The molecule has 1 aliphatic rings. The number of aliphatic hydroxyl groups excluding tert-OH is 1. The van der Waals surface area contributed by atoms with E-state index in [2.05, 4.69) is 4.90 Å². The second kappa shape index (κ2) is 9.46. The Bertz CT molecular complexity index is 888. The van der Waals surface area contributed by atoms with Crippen molar-refractivity contribution in [3.8, 4) is 0 Å². The molecule has 1 atom stereocenters. The van der Waals surface area contributed by atoms with Gasteiger partial charge in [-0.05, 0) is 56.3 Å². The number of likely N-dealkylation sites (tertiary alicyclic amines) is 1. The topological polar surface area (TPSA) is 60.9 Å². The molecule has 152 valence electrons. The molecule has 0 amide bonds. The average molecular weight is 443 g/mol. The molecular formula is C20H24Cl2N2O3S. The molecule has 0 spiro atoms. The first-order chi connectivity index (χ1) is 13.4. The highest BCUT2D eigenvalue weighted by Gasteiger charge is 2.29. The van der Waals surface area contributed by atoms with E-state index in [0.29, 0.717) is 11.6 Å². The zero-order valence-corrected chi connectivity index (χ0v) is 17.8. The number of anilines is 1. The Morgan fingerprint density at radius 2 is 1.71 bits per heavy atom. The highest BCUT2D eigenvalue weighted by atomic mass is 35.5. The number of aliphatic hydroxyl groups is 1. The summed E-state index contributed by atoms with van der Waals surface area (Å²) in [4.78, 5) is 2.30. The van der Waals surface area contributed by atoms with Gasteiger partial charge in [0.2, 0.25) is 0 Å².